The van der Waals surface area contributed by atoms with Crippen molar-refractivity contribution >= 4 is 16.9 Å². The van der Waals surface area contributed by atoms with Crippen LogP contribution < -0.4 is 14.8 Å². The Morgan fingerprint density at radius 1 is 0.974 bits per heavy atom. The van der Waals surface area contributed by atoms with Gasteiger partial charge in [0.15, 0.2) is 0 Å². The van der Waals surface area contributed by atoms with E-state index in [1.165, 1.54) is 11.1 Å². The molecule has 3 aromatic carbocycles. The van der Waals surface area contributed by atoms with Crippen molar-refractivity contribution < 1.29 is 14.3 Å². The number of unbranched alkanes of at least 4 members (excludes halogenated alkanes) is 3. The molecule has 1 heterocycles. The van der Waals surface area contributed by atoms with Gasteiger partial charge in [-0.25, -0.2) is 4.98 Å². The van der Waals surface area contributed by atoms with Crippen LogP contribution in [0, 0.1) is 0 Å². The fourth-order valence-corrected chi connectivity index (χ4v) is 4.74. The summed E-state index contributed by atoms with van der Waals surface area (Å²) in [6.07, 6.45) is 8.63. The van der Waals surface area contributed by atoms with Gasteiger partial charge < -0.3 is 19.4 Å². The Morgan fingerprint density at radius 2 is 1.82 bits per heavy atom. The zero-order chi connectivity index (χ0) is 27.3. The number of para-hydroxylation sites is 3. The van der Waals surface area contributed by atoms with Gasteiger partial charge in [0.1, 0.15) is 17.3 Å². The van der Waals surface area contributed by atoms with E-state index in [0.717, 1.165) is 68.6 Å². The maximum atomic E-state index is 12.4. The second kappa shape index (κ2) is 14.8. The predicted molar refractivity (Wildman–Crippen MR) is 158 cm³/mol. The molecule has 0 bridgehead atoms. The number of amides is 1. The first kappa shape index (κ1) is 28.0. The smallest absolute Gasteiger partial charge is 0.251 e. The molecule has 1 N–H and O–H groups in total. The Kier molecular flexibility index (Phi) is 10.6. The Bertz CT molecular complexity index is 1360. The van der Waals surface area contributed by atoms with E-state index >= 15 is 0 Å². The lowest BCUT2D eigenvalue weighted by Crippen LogP contribution is -2.24. The van der Waals surface area contributed by atoms with Crippen LogP contribution in [0.4, 0.5) is 0 Å². The molecule has 1 aromatic heterocycles. The van der Waals surface area contributed by atoms with Gasteiger partial charge >= 0.3 is 0 Å². The number of rotatable bonds is 16. The van der Waals surface area contributed by atoms with E-state index in [-0.39, 0.29) is 5.91 Å². The standard InChI is InChI=1S/C33H39N3O3/c1-3-14-26-15-6-9-20-31(26)39-24-12-11-23-36-30-19-8-7-18-29(30)35-32(36)21-5-4-10-22-34-33(37)27-16-13-17-28(25-27)38-2/h3,6-9,13,15-20,25H,1,4-5,10-12,14,21-24H2,2H3,(H,34,37). The number of ether oxygens (including phenoxy) is 2. The van der Waals surface area contributed by atoms with Gasteiger partial charge in [0, 0.05) is 25.1 Å². The molecule has 204 valence electrons. The van der Waals surface area contributed by atoms with Crippen molar-refractivity contribution in [3.63, 3.8) is 0 Å². The first-order valence-electron chi connectivity index (χ1n) is 13.9. The SMILES string of the molecule is C=CCc1ccccc1OCCCCn1c(CCCCCNC(=O)c2cccc(OC)c2)nc2ccccc21. The van der Waals surface area contributed by atoms with Crippen molar-refractivity contribution in [2.24, 2.45) is 0 Å². The first-order chi connectivity index (χ1) is 19.2. The lowest BCUT2D eigenvalue weighted by atomic mass is 10.1. The number of benzene rings is 3. The summed E-state index contributed by atoms with van der Waals surface area (Å²) in [5.74, 6) is 2.70. The summed E-state index contributed by atoms with van der Waals surface area (Å²) in [6, 6.07) is 23.8. The van der Waals surface area contributed by atoms with Gasteiger partial charge in [-0.2, -0.15) is 0 Å². The van der Waals surface area contributed by atoms with Crippen LogP contribution in [0.25, 0.3) is 11.0 Å². The number of imidazole rings is 1. The Labute approximate surface area is 231 Å². The van der Waals surface area contributed by atoms with E-state index in [1.54, 1.807) is 19.2 Å². The Balaban J connectivity index is 1.22. The molecule has 0 aliphatic rings. The van der Waals surface area contributed by atoms with Crippen LogP contribution in [0.2, 0.25) is 0 Å². The van der Waals surface area contributed by atoms with Crippen molar-refractivity contribution in [1.82, 2.24) is 14.9 Å². The zero-order valence-electron chi connectivity index (χ0n) is 22.9. The molecule has 0 radical (unpaired) electrons. The maximum Gasteiger partial charge on any atom is 0.251 e. The highest BCUT2D eigenvalue weighted by molar-refractivity contribution is 5.94. The average Bonchev–Trinajstić information content (AvgIpc) is 3.32. The molecular formula is C33H39N3O3. The van der Waals surface area contributed by atoms with Crippen LogP contribution in [-0.2, 0) is 19.4 Å². The molecule has 0 unspecified atom stereocenters. The number of nitrogens with zero attached hydrogens (tertiary/aromatic N) is 2. The topological polar surface area (TPSA) is 65.4 Å². The van der Waals surface area contributed by atoms with Crippen molar-refractivity contribution in [3.8, 4) is 11.5 Å². The Morgan fingerprint density at radius 3 is 2.69 bits per heavy atom. The molecule has 4 rings (SSSR count). The zero-order valence-corrected chi connectivity index (χ0v) is 22.9. The number of carbonyl (C=O) groups excluding carboxylic acids is 1. The van der Waals surface area contributed by atoms with Gasteiger partial charge in [-0.1, -0.05) is 48.9 Å². The number of hydrogen-bond acceptors (Lipinski definition) is 4. The molecule has 0 saturated heterocycles. The highest BCUT2D eigenvalue weighted by Crippen LogP contribution is 2.21. The molecular weight excluding hydrogens is 486 g/mol. The quantitative estimate of drug-likeness (QED) is 0.129. The summed E-state index contributed by atoms with van der Waals surface area (Å²) in [5, 5.41) is 3.01. The number of aryl methyl sites for hydroxylation is 2. The molecule has 39 heavy (non-hydrogen) atoms. The van der Waals surface area contributed by atoms with Gasteiger partial charge in [-0.05, 0) is 74.1 Å². The highest BCUT2D eigenvalue weighted by atomic mass is 16.5. The largest absolute Gasteiger partial charge is 0.497 e. The predicted octanol–water partition coefficient (Wildman–Crippen LogP) is 6.78. The van der Waals surface area contributed by atoms with E-state index in [4.69, 9.17) is 14.5 Å². The summed E-state index contributed by atoms with van der Waals surface area (Å²) < 4.78 is 13.6. The fraction of sp³-hybridized carbons (Fsp3) is 0.333. The molecule has 6 nitrogen and oxygen atoms in total. The first-order valence-corrected chi connectivity index (χ1v) is 13.9. The van der Waals surface area contributed by atoms with E-state index in [2.05, 4.69) is 40.7 Å². The highest BCUT2D eigenvalue weighted by Gasteiger charge is 2.11. The lowest BCUT2D eigenvalue weighted by Gasteiger charge is -2.12. The minimum absolute atomic E-state index is 0.0659. The van der Waals surface area contributed by atoms with Crippen molar-refractivity contribution in [3.05, 3.63) is 102 Å². The van der Waals surface area contributed by atoms with Crippen molar-refractivity contribution in [2.75, 3.05) is 20.3 Å². The number of allylic oxidation sites excluding steroid dienone is 1. The van der Waals surface area contributed by atoms with E-state index in [9.17, 15) is 4.79 Å². The number of hydrogen-bond donors (Lipinski definition) is 1. The second-order valence-corrected chi connectivity index (χ2v) is 9.62. The summed E-state index contributed by atoms with van der Waals surface area (Å²) in [4.78, 5) is 17.3. The van der Waals surface area contributed by atoms with E-state index < -0.39 is 0 Å². The van der Waals surface area contributed by atoms with Gasteiger partial charge in [-0.15, -0.1) is 6.58 Å². The van der Waals surface area contributed by atoms with Crippen LogP contribution in [-0.4, -0.2) is 35.7 Å². The third-order valence-electron chi connectivity index (χ3n) is 6.80. The number of fused-ring (bicyclic) bond motifs is 1. The monoisotopic (exact) mass is 525 g/mol. The van der Waals surface area contributed by atoms with Crippen LogP contribution in [0.5, 0.6) is 11.5 Å². The number of nitrogens with one attached hydrogen (secondary N) is 1. The Hall–Kier alpha value is -4.06. The van der Waals surface area contributed by atoms with Gasteiger partial charge in [0.05, 0.1) is 24.8 Å². The summed E-state index contributed by atoms with van der Waals surface area (Å²) in [6.45, 7) is 6.11. The minimum Gasteiger partial charge on any atom is -0.497 e. The summed E-state index contributed by atoms with van der Waals surface area (Å²) in [7, 11) is 1.60. The third kappa shape index (κ3) is 7.96. The average molecular weight is 526 g/mol. The lowest BCUT2D eigenvalue weighted by molar-refractivity contribution is 0.0952. The van der Waals surface area contributed by atoms with Gasteiger partial charge in [-0.3, -0.25) is 4.79 Å². The van der Waals surface area contributed by atoms with Gasteiger partial charge in [0.25, 0.3) is 5.91 Å². The molecule has 4 aromatic rings. The molecule has 0 fully saturated rings. The van der Waals surface area contributed by atoms with E-state index in [1.807, 2.05) is 42.5 Å². The number of methoxy groups -OCH3 is 1. The summed E-state index contributed by atoms with van der Waals surface area (Å²) >= 11 is 0. The minimum atomic E-state index is -0.0659. The molecule has 0 saturated carbocycles. The van der Waals surface area contributed by atoms with Crippen molar-refractivity contribution in [1.29, 1.82) is 0 Å². The third-order valence-corrected chi connectivity index (χ3v) is 6.80. The second-order valence-electron chi connectivity index (χ2n) is 9.62. The molecule has 0 aliphatic heterocycles. The fourth-order valence-electron chi connectivity index (χ4n) is 4.74. The molecule has 0 aliphatic carbocycles. The van der Waals surface area contributed by atoms with Crippen LogP contribution in [0.1, 0.15) is 53.8 Å². The molecule has 6 heteroatoms. The van der Waals surface area contributed by atoms with Crippen LogP contribution in [0.3, 0.4) is 0 Å². The summed E-state index contributed by atoms with van der Waals surface area (Å²) in [5.41, 5.74) is 4.03. The van der Waals surface area contributed by atoms with Crippen LogP contribution >= 0.6 is 0 Å². The van der Waals surface area contributed by atoms with Crippen molar-refractivity contribution in [2.45, 2.75) is 51.5 Å². The normalized spacial score (nSPS) is 10.9. The van der Waals surface area contributed by atoms with Gasteiger partial charge in [0.2, 0.25) is 0 Å². The number of aromatic nitrogens is 2. The molecule has 0 atom stereocenters. The van der Waals surface area contributed by atoms with Crippen LogP contribution in [0.15, 0.2) is 85.5 Å². The molecule has 1 amide bonds. The maximum absolute atomic E-state index is 12.4. The van der Waals surface area contributed by atoms with E-state index in [0.29, 0.717) is 24.5 Å². The molecule has 0 spiro atoms. The number of carbonyl (C=O) groups is 1.